The molecule has 1 aromatic heterocycles. The van der Waals surface area contributed by atoms with Gasteiger partial charge in [0.05, 0.1) is 11.4 Å². The summed E-state index contributed by atoms with van der Waals surface area (Å²) in [5.41, 5.74) is 4.45. The summed E-state index contributed by atoms with van der Waals surface area (Å²) in [6.07, 6.45) is 0. The van der Waals surface area contributed by atoms with Gasteiger partial charge in [0.25, 0.3) is 0 Å². The molecule has 2 nitrogen and oxygen atoms in total. The monoisotopic (exact) mass is 392 g/mol. The van der Waals surface area contributed by atoms with E-state index in [9.17, 15) is 0 Å². The lowest BCUT2D eigenvalue weighted by molar-refractivity contribution is 1.24. The number of benzene rings is 4. The Bertz CT molecular complexity index is 1250. The van der Waals surface area contributed by atoms with Crippen LogP contribution in [0.25, 0.3) is 22.0 Å². The Hall–Kier alpha value is -3.43. The van der Waals surface area contributed by atoms with Gasteiger partial charge in [-0.15, -0.1) is 11.3 Å². The SMILES string of the molecule is Cc1sc(N(c2ccccc2)c2cccc3ccccc23)nc1-c1ccccc1. The Labute approximate surface area is 174 Å². The average Bonchev–Trinajstić information content (AvgIpc) is 3.16. The number of para-hydroxylation sites is 1. The molecule has 0 aliphatic carbocycles. The summed E-state index contributed by atoms with van der Waals surface area (Å²) in [5.74, 6) is 0. The van der Waals surface area contributed by atoms with Crippen LogP contribution >= 0.6 is 11.3 Å². The van der Waals surface area contributed by atoms with Crippen molar-refractivity contribution in [3.05, 3.63) is 108 Å². The Morgan fingerprint density at radius 2 is 1.34 bits per heavy atom. The summed E-state index contributed by atoms with van der Waals surface area (Å²) >= 11 is 1.73. The van der Waals surface area contributed by atoms with Crippen LogP contribution in [0.2, 0.25) is 0 Å². The second-order valence-electron chi connectivity index (χ2n) is 6.94. The molecule has 0 saturated carbocycles. The predicted molar refractivity (Wildman–Crippen MR) is 124 cm³/mol. The molecule has 3 heteroatoms. The van der Waals surface area contributed by atoms with E-state index < -0.39 is 0 Å². The standard InChI is InChI=1S/C26H20N2S/c1-19-25(21-12-4-2-5-13-21)27-26(29-19)28(22-15-6-3-7-16-22)24-18-10-14-20-11-8-9-17-23(20)24/h2-18H,1H3. The molecule has 29 heavy (non-hydrogen) atoms. The maximum absolute atomic E-state index is 5.08. The van der Waals surface area contributed by atoms with Crippen molar-refractivity contribution >= 4 is 38.6 Å². The van der Waals surface area contributed by atoms with Crippen LogP contribution in [0.1, 0.15) is 4.88 Å². The van der Waals surface area contributed by atoms with Crippen LogP contribution in [0, 0.1) is 6.92 Å². The minimum Gasteiger partial charge on any atom is -0.286 e. The second-order valence-corrected chi connectivity index (χ2v) is 8.12. The first-order valence-corrected chi connectivity index (χ1v) is 10.5. The highest BCUT2D eigenvalue weighted by atomic mass is 32.1. The van der Waals surface area contributed by atoms with E-state index in [4.69, 9.17) is 4.98 Å². The van der Waals surface area contributed by atoms with E-state index in [0.29, 0.717) is 0 Å². The Morgan fingerprint density at radius 1 is 0.690 bits per heavy atom. The molecule has 0 saturated heterocycles. The van der Waals surface area contributed by atoms with E-state index in [2.05, 4.69) is 103 Å². The third-order valence-corrected chi connectivity index (χ3v) is 6.00. The Morgan fingerprint density at radius 3 is 2.14 bits per heavy atom. The molecule has 0 aliphatic rings. The van der Waals surface area contributed by atoms with Crippen molar-refractivity contribution in [2.75, 3.05) is 4.90 Å². The van der Waals surface area contributed by atoms with E-state index in [0.717, 1.165) is 27.8 Å². The number of aryl methyl sites for hydroxylation is 1. The zero-order valence-corrected chi connectivity index (χ0v) is 16.9. The van der Waals surface area contributed by atoms with Gasteiger partial charge in [-0.1, -0.05) is 84.9 Å². The fourth-order valence-electron chi connectivity index (χ4n) is 3.67. The smallest absolute Gasteiger partial charge is 0.195 e. The number of hydrogen-bond acceptors (Lipinski definition) is 3. The molecule has 140 valence electrons. The third-order valence-electron chi connectivity index (χ3n) is 5.05. The van der Waals surface area contributed by atoms with Gasteiger partial charge in [-0.25, -0.2) is 4.98 Å². The van der Waals surface area contributed by atoms with Gasteiger partial charge >= 0.3 is 0 Å². The minimum atomic E-state index is 0.976. The van der Waals surface area contributed by atoms with Crippen LogP contribution in [0.3, 0.4) is 0 Å². The molecule has 0 unspecified atom stereocenters. The van der Waals surface area contributed by atoms with Gasteiger partial charge in [-0.05, 0) is 30.5 Å². The van der Waals surface area contributed by atoms with Gasteiger partial charge in [0.1, 0.15) is 0 Å². The van der Waals surface area contributed by atoms with Crippen molar-refractivity contribution in [3.8, 4) is 11.3 Å². The zero-order chi connectivity index (χ0) is 19.6. The van der Waals surface area contributed by atoms with E-state index in [1.54, 1.807) is 11.3 Å². The first kappa shape index (κ1) is 17.7. The van der Waals surface area contributed by atoms with E-state index in [1.807, 2.05) is 12.1 Å². The van der Waals surface area contributed by atoms with Crippen LogP contribution in [-0.2, 0) is 0 Å². The summed E-state index contributed by atoms with van der Waals surface area (Å²) < 4.78 is 0. The molecule has 0 fully saturated rings. The minimum absolute atomic E-state index is 0.976. The number of rotatable bonds is 4. The molecular formula is C26H20N2S. The molecule has 0 aliphatic heterocycles. The number of fused-ring (bicyclic) bond motifs is 1. The van der Waals surface area contributed by atoms with Crippen LogP contribution < -0.4 is 4.90 Å². The highest BCUT2D eigenvalue weighted by molar-refractivity contribution is 7.16. The topological polar surface area (TPSA) is 16.1 Å². The van der Waals surface area contributed by atoms with E-state index in [-0.39, 0.29) is 0 Å². The molecule has 0 atom stereocenters. The maximum Gasteiger partial charge on any atom is 0.195 e. The first-order chi connectivity index (χ1) is 14.3. The highest BCUT2D eigenvalue weighted by Gasteiger charge is 2.20. The normalized spacial score (nSPS) is 10.9. The number of aromatic nitrogens is 1. The van der Waals surface area contributed by atoms with Gasteiger partial charge in [0.2, 0.25) is 0 Å². The lowest BCUT2D eigenvalue weighted by Gasteiger charge is -2.24. The first-order valence-electron chi connectivity index (χ1n) is 9.67. The van der Waals surface area contributed by atoms with Crippen LogP contribution in [0.5, 0.6) is 0 Å². The highest BCUT2D eigenvalue weighted by Crippen LogP contribution is 2.42. The van der Waals surface area contributed by atoms with Gasteiger partial charge in [0, 0.05) is 21.5 Å². The fourth-order valence-corrected chi connectivity index (χ4v) is 4.64. The molecule has 0 N–H and O–H groups in total. The van der Waals surface area contributed by atoms with Crippen LogP contribution in [0.4, 0.5) is 16.5 Å². The van der Waals surface area contributed by atoms with Crippen molar-refractivity contribution in [3.63, 3.8) is 0 Å². The molecule has 5 rings (SSSR count). The van der Waals surface area contributed by atoms with Crippen molar-refractivity contribution in [2.45, 2.75) is 6.92 Å². The molecule has 0 radical (unpaired) electrons. The Kier molecular flexibility index (Phi) is 4.59. The number of anilines is 3. The van der Waals surface area contributed by atoms with Gasteiger partial charge in [-0.2, -0.15) is 0 Å². The summed E-state index contributed by atoms with van der Waals surface area (Å²) in [6.45, 7) is 2.15. The van der Waals surface area contributed by atoms with Crippen molar-refractivity contribution < 1.29 is 0 Å². The van der Waals surface area contributed by atoms with Crippen LogP contribution in [0.15, 0.2) is 103 Å². The van der Waals surface area contributed by atoms with Gasteiger partial charge in [0.15, 0.2) is 5.13 Å². The summed E-state index contributed by atoms with van der Waals surface area (Å²) in [4.78, 5) is 8.57. The molecule has 1 heterocycles. The average molecular weight is 393 g/mol. The maximum atomic E-state index is 5.08. The third kappa shape index (κ3) is 3.30. The van der Waals surface area contributed by atoms with E-state index in [1.165, 1.54) is 15.6 Å². The van der Waals surface area contributed by atoms with Gasteiger partial charge < -0.3 is 0 Å². The summed E-state index contributed by atoms with van der Waals surface area (Å²) in [6, 6.07) is 35.9. The zero-order valence-electron chi connectivity index (χ0n) is 16.1. The molecule has 0 bridgehead atoms. The lowest BCUT2D eigenvalue weighted by Crippen LogP contribution is -2.10. The molecule has 0 spiro atoms. The number of hydrogen-bond donors (Lipinski definition) is 0. The second kappa shape index (κ2) is 7.53. The quantitative estimate of drug-likeness (QED) is 0.311. The molecule has 5 aromatic rings. The fraction of sp³-hybridized carbons (Fsp3) is 0.0385. The summed E-state index contributed by atoms with van der Waals surface area (Å²) in [7, 11) is 0. The number of nitrogens with zero attached hydrogens (tertiary/aromatic N) is 2. The van der Waals surface area contributed by atoms with Crippen molar-refractivity contribution in [1.29, 1.82) is 0 Å². The molecule has 0 amide bonds. The molecule has 4 aromatic carbocycles. The largest absolute Gasteiger partial charge is 0.286 e. The molecular weight excluding hydrogens is 372 g/mol. The van der Waals surface area contributed by atoms with Crippen molar-refractivity contribution in [1.82, 2.24) is 4.98 Å². The van der Waals surface area contributed by atoms with Gasteiger partial charge in [-0.3, -0.25) is 4.90 Å². The van der Waals surface area contributed by atoms with E-state index >= 15 is 0 Å². The number of thiazole rings is 1. The summed E-state index contributed by atoms with van der Waals surface area (Å²) in [5, 5.41) is 3.42. The van der Waals surface area contributed by atoms with Crippen LogP contribution in [-0.4, -0.2) is 4.98 Å². The van der Waals surface area contributed by atoms with Crippen molar-refractivity contribution in [2.24, 2.45) is 0 Å². The lowest BCUT2D eigenvalue weighted by atomic mass is 10.1. The predicted octanol–water partition coefficient (Wildman–Crippen LogP) is 7.74. The Balaban J connectivity index is 1.73.